The summed E-state index contributed by atoms with van der Waals surface area (Å²) in [5, 5.41) is 7.14. The minimum atomic E-state index is 0.0989. The van der Waals surface area contributed by atoms with Crippen LogP contribution in [-0.2, 0) is 6.54 Å². The highest BCUT2D eigenvalue weighted by Gasteiger charge is 2.12. The molecular weight excluding hydrogens is 420 g/mol. The molecule has 7 nitrogen and oxygen atoms in total. The van der Waals surface area contributed by atoms with Gasteiger partial charge in [0.2, 0.25) is 0 Å². The second-order valence-electron chi connectivity index (χ2n) is 7.34. The molecule has 3 aromatic rings. The Morgan fingerprint density at radius 1 is 1.09 bits per heavy atom. The summed E-state index contributed by atoms with van der Waals surface area (Å²) >= 11 is 1.53. The molecular formula is C24H36N6OS. The minimum absolute atomic E-state index is 0.0989. The van der Waals surface area contributed by atoms with Crippen molar-refractivity contribution in [2.24, 2.45) is 0 Å². The van der Waals surface area contributed by atoms with Crippen molar-refractivity contribution in [1.82, 2.24) is 25.3 Å². The van der Waals surface area contributed by atoms with E-state index in [1.165, 1.54) is 24.2 Å². The van der Waals surface area contributed by atoms with E-state index < -0.39 is 0 Å². The van der Waals surface area contributed by atoms with Gasteiger partial charge in [0, 0.05) is 24.6 Å². The van der Waals surface area contributed by atoms with E-state index in [0.717, 1.165) is 52.2 Å². The van der Waals surface area contributed by atoms with Gasteiger partial charge in [-0.05, 0) is 51.4 Å². The highest BCUT2D eigenvalue weighted by molar-refractivity contribution is 7.18. The van der Waals surface area contributed by atoms with Crippen LogP contribution in [0, 0.1) is 6.92 Å². The number of hydrogen-bond donors (Lipinski definition) is 2. The predicted molar refractivity (Wildman–Crippen MR) is 134 cm³/mol. The maximum Gasteiger partial charge on any atom is 0.317 e. The third-order valence-electron chi connectivity index (χ3n) is 4.55. The molecule has 0 saturated heterocycles. The maximum atomic E-state index is 5.97. The summed E-state index contributed by atoms with van der Waals surface area (Å²) in [6, 6.07) is 6.38. The van der Waals surface area contributed by atoms with Crippen LogP contribution in [-0.4, -0.2) is 33.1 Å². The van der Waals surface area contributed by atoms with Crippen molar-refractivity contribution >= 4 is 22.3 Å². The molecule has 3 aromatic heterocycles. The van der Waals surface area contributed by atoms with E-state index >= 15 is 0 Å². The van der Waals surface area contributed by atoms with Gasteiger partial charge in [-0.25, -0.2) is 15.0 Å². The fourth-order valence-electron chi connectivity index (χ4n) is 3.01. The van der Waals surface area contributed by atoms with Gasteiger partial charge >= 0.3 is 6.01 Å². The zero-order valence-corrected chi connectivity index (χ0v) is 20.9. The third kappa shape index (κ3) is 8.16. The lowest BCUT2D eigenvalue weighted by molar-refractivity contribution is 0.189. The number of thiazole rings is 1. The molecule has 174 valence electrons. The van der Waals surface area contributed by atoms with E-state index in [1.54, 1.807) is 0 Å². The highest BCUT2D eigenvalue weighted by Crippen LogP contribution is 2.30. The van der Waals surface area contributed by atoms with Gasteiger partial charge in [-0.1, -0.05) is 51.0 Å². The van der Waals surface area contributed by atoms with Crippen LogP contribution >= 0.6 is 11.3 Å². The van der Waals surface area contributed by atoms with E-state index in [2.05, 4.69) is 44.4 Å². The first-order chi connectivity index (χ1) is 15.6. The van der Waals surface area contributed by atoms with Crippen molar-refractivity contribution < 1.29 is 4.74 Å². The van der Waals surface area contributed by atoms with E-state index in [9.17, 15) is 0 Å². The quantitative estimate of drug-likeness (QED) is 0.335. The standard InChI is InChI=1S/C22H30N6OS.C2H6/c1-5-6-7-8-16(3)29-21-26-15(2)11-18(27-21)19-14-25-22(30-19)28-20-10-9-17(12-23-4)13-24-20;1-2/h9-11,13-14,16,23H,5-8,12H2,1-4H3,(H,24,25,28);1-2H3. The number of unbranched alkanes of at least 4 members (excludes halogenated alkanes) is 2. The van der Waals surface area contributed by atoms with Crippen LogP contribution in [0.15, 0.2) is 30.6 Å². The molecule has 32 heavy (non-hydrogen) atoms. The number of rotatable bonds is 11. The Morgan fingerprint density at radius 2 is 1.91 bits per heavy atom. The van der Waals surface area contributed by atoms with Crippen LogP contribution in [0.1, 0.15) is 64.6 Å². The van der Waals surface area contributed by atoms with Gasteiger partial charge in [0.05, 0.1) is 16.7 Å². The van der Waals surface area contributed by atoms with Crippen LogP contribution in [0.5, 0.6) is 6.01 Å². The summed E-state index contributed by atoms with van der Waals surface area (Å²) in [6.45, 7) is 11.0. The summed E-state index contributed by atoms with van der Waals surface area (Å²) < 4.78 is 5.97. The van der Waals surface area contributed by atoms with Crippen molar-refractivity contribution in [3.63, 3.8) is 0 Å². The third-order valence-corrected chi connectivity index (χ3v) is 5.49. The second kappa shape index (κ2) is 13.8. The number of nitrogens with zero attached hydrogens (tertiary/aromatic N) is 4. The number of hydrogen-bond acceptors (Lipinski definition) is 8. The largest absolute Gasteiger partial charge is 0.460 e. The monoisotopic (exact) mass is 456 g/mol. The molecule has 1 atom stereocenters. The van der Waals surface area contributed by atoms with Crippen molar-refractivity contribution in [3.05, 3.63) is 41.9 Å². The molecule has 0 spiro atoms. The molecule has 1 unspecified atom stereocenters. The van der Waals surface area contributed by atoms with Gasteiger partial charge in [0.25, 0.3) is 0 Å². The van der Waals surface area contributed by atoms with E-state index in [0.29, 0.717) is 6.01 Å². The summed E-state index contributed by atoms with van der Waals surface area (Å²) in [5.74, 6) is 0.763. The van der Waals surface area contributed by atoms with Crippen molar-refractivity contribution in [3.8, 4) is 16.6 Å². The smallest absolute Gasteiger partial charge is 0.317 e. The number of aromatic nitrogens is 4. The van der Waals surface area contributed by atoms with E-state index in [-0.39, 0.29) is 6.10 Å². The van der Waals surface area contributed by atoms with Gasteiger partial charge < -0.3 is 15.4 Å². The zero-order chi connectivity index (χ0) is 23.3. The lowest BCUT2D eigenvalue weighted by Gasteiger charge is -2.13. The van der Waals surface area contributed by atoms with E-state index in [1.807, 2.05) is 58.4 Å². The molecule has 3 heterocycles. The molecule has 0 fully saturated rings. The number of aryl methyl sites for hydroxylation is 1. The molecule has 0 aromatic carbocycles. The fourth-order valence-corrected chi connectivity index (χ4v) is 3.79. The first-order valence-electron chi connectivity index (χ1n) is 11.4. The van der Waals surface area contributed by atoms with Gasteiger partial charge in [-0.15, -0.1) is 0 Å². The van der Waals surface area contributed by atoms with Crippen LogP contribution in [0.25, 0.3) is 10.6 Å². The van der Waals surface area contributed by atoms with Gasteiger partial charge in [0.15, 0.2) is 5.13 Å². The Hall–Kier alpha value is -2.58. The van der Waals surface area contributed by atoms with Crippen LogP contribution in [0.4, 0.5) is 10.9 Å². The molecule has 2 N–H and O–H groups in total. The van der Waals surface area contributed by atoms with Crippen molar-refractivity contribution in [2.75, 3.05) is 12.4 Å². The summed E-state index contributed by atoms with van der Waals surface area (Å²) in [4.78, 5) is 18.9. The molecule has 0 saturated carbocycles. The Labute approximate surface area is 196 Å². The maximum absolute atomic E-state index is 5.97. The first-order valence-corrected chi connectivity index (χ1v) is 12.2. The molecule has 8 heteroatoms. The molecule has 0 bridgehead atoms. The Morgan fingerprint density at radius 3 is 2.59 bits per heavy atom. The van der Waals surface area contributed by atoms with Gasteiger partial charge in [0.1, 0.15) is 5.82 Å². The fraction of sp³-hybridized carbons (Fsp3) is 0.500. The number of anilines is 2. The predicted octanol–water partition coefficient (Wildman–Crippen LogP) is 6.14. The Balaban J connectivity index is 0.00000176. The topological polar surface area (TPSA) is 84.9 Å². The molecule has 0 amide bonds. The Bertz CT molecular complexity index is 928. The average Bonchev–Trinajstić information content (AvgIpc) is 3.25. The number of nitrogens with one attached hydrogen (secondary N) is 2. The number of ether oxygens (including phenoxy) is 1. The van der Waals surface area contributed by atoms with Gasteiger partial charge in [-0.2, -0.15) is 4.98 Å². The molecule has 3 rings (SSSR count). The summed E-state index contributed by atoms with van der Waals surface area (Å²) in [6.07, 6.45) is 8.36. The first kappa shape index (κ1) is 25.7. The van der Waals surface area contributed by atoms with Crippen molar-refractivity contribution in [1.29, 1.82) is 0 Å². The van der Waals surface area contributed by atoms with Crippen molar-refractivity contribution in [2.45, 2.75) is 73.0 Å². The van der Waals surface area contributed by atoms with Crippen LogP contribution in [0.3, 0.4) is 0 Å². The molecule has 0 aliphatic heterocycles. The highest BCUT2D eigenvalue weighted by atomic mass is 32.1. The van der Waals surface area contributed by atoms with E-state index in [4.69, 9.17) is 4.74 Å². The average molecular weight is 457 g/mol. The van der Waals surface area contributed by atoms with Crippen LogP contribution in [0.2, 0.25) is 0 Å². The normalized spacial score (nSPS) is 11.4. The zero-order valence-electron chi connectivity index (χ0n) is 20.1. The number of pyridine rings is 1. The summed E-state index contributed by atoms with van der Waals surface area (Å²) in [5.41, 5.74) is 2.83. The second-order valence-corrected chi connectivity index (χ2v) is 8.37. The molecule has 0 aliphatic carbocycles. The summed E-state index contributed by atoms with van der Waals surface area (Å²) in [7, 11) is 1.92. The molecule has 0 aliphatic rings. The minimum Gasteiger partial charge on any atom is -0.460 e. The Kier molecular flexibility index (Phi) is 11.0. The SMILES string of the molecule is CC.CCCCCC(C)Oc1nc(C)cc(-c2cnc(Nc3ccc(CNC)cn3)s2)n1. The lowest BCUT2D eigenvalue weighted by atomic mass is 10.1. The molecule has 0 radical (unpaired) electrons. The van der Waals surface area contributed by atoms with Gasteiger partial charge in [-0.3, -0.25) is 0 Å². The van der Waals surface area contributed by atoms with Crippen LogP contribution < -0.4 is 15.4 Å². The lowest BCUT2D eigenvalue weighted by Crippen LogP contribution is -2.14.